The first-order valence-electron chi connectivity index (χ1n) is 8.50. The first-order valence-corrected chi connectivity index (χ1v) is 9.49. The fourth-order valence-electron chi connectivity index (χ4n) is 2.65. The maximum Gasteiger partial charge on any atom is 0.231 e. The van der Waals surface area contributed by atoms with E-state index in [2.05, 4.69) is 33.5 Å². The molecule has 6 nitrogen and oxygen atoms in total. The molecular formula is C19H21N5OS. The third kappa shape index (κ3) is 4.29. The van der Waals surface area contributed by atoms with Crippen molar-refractivity contribution in [2.45, 2.75) is 31.5 Å². The molecule has 1 N–H and O–H groups in total. The van der Waals surface area contributed by atoms with Crippen molar-refractivity contribution in [2.75, 3.05) is 5.75 Å². The quantitative estimate of drug-likeness (QED) is 0.649. The lowest BCUT2D eigenvalue weighted by Crippen LogP contribution is -2.28. The highest BCUT2D eigenvalue weighted by Crippen LogP contribution is 2.22. The van der Waals surface area contributed by atoms with Gasteiger partial charge in [0.2, 0.25) is 5.91 Å². The second kappa shape index (κ2) is 8.62. The molecule has 0 radical (unpaired) electrons. The third-order valence-corrected chi connectivity index (χ3v) is 4.93. The molecule has 3 rings (SSSR count). The third-order valence-electron chi connectivity index (χ3n) is 3.99. The summed E-state index contributed by atoms with van der Waals surface area (Å²) in [7, 11) is 0. The van der Waals surface area contributed by atoms with Crippen LogP contribution >= 0.6 is 11.8 Å². The van der Waals surface area contributed by atoms with Crippen molar-refractivity contribution in [2.24, 2.45) is 0 Å². The van der Waals surface area contributed by atoms with E-state index >= 15 is 0 Å². The molecule has 134 valence electrons. The number of nitrogens with zero attached hydrogens (tertiary/aromatic N) is 4. The van der Waals surface area contributed by atoms with E-state index in [0.29, 0.717) is 5.16 Å². The molecule has 2 aromatic heterocycles. The highest BCUT2D eigenvalue weighted by atomic mass is 32.2. The molecule has 1 atom stereocenters. The smallest absolute Gasteiger partial charge is 0.231 e. The zero-order chi connectivity index (χ0) is 18.4. The van der Waals surface area contributed by atoms with Crippen molar-refractivity contribution in [1.29, 1.82) is 0 Å². The number of hydrogen-bond acceptors (Lipinski definition) is 5. The first kappa shape index (κ1) is 18.1. The number of nitrogens with one attached hydrogen (secondary N) is 1. The van der Waals surface area contributed by atoms with E-state index < -0.39 is 0 Å². The van der Waals surface area contributed by atoms with Gasteiger partial charge in [0, 0.05) is 6.20 Å². The van der Waals surface area contributed by atoms with Crippen LogP contribution in [0.2, 0.25) is 0 Å². The van der Waals surface area contributed by atoms with E-state index in [1.54, 1.807) is 12.5 Å². The van der Waals surface area contributed by atoms with Crippen molar-refractivity contribution in [3.05, 3.63) is 66.2 Å². The van der Waals surface area contributed by atoms with E-state index in [-0.39, 0.29) is 17.7 Å². The number of carbonyl (C=O) groups excluding carboxylic acids is 1. The van der Waals surface area contributed by atoms with Crippen molar-refractivity contribution >= 4 is 17.7 Å². The Balaban J connectivity index is 1.64. The zero-order valence-electron chi connectivity index (χ0n) is 14.8. The maximum atomic E-state index is 12.3. The number of amides is 1. The van der Waals surface area contributed by atoms with E-state index in [1.165, 1.54) is 17.3 Å². The Morgan fingerprint density at radius 3 is 2.81 bits per heavy atom. The summed E-state index contributed by atoms with van der Waals surface area (Å²) >= 11 is 1.37. The van der Waals surface area contributed by atoms with E-state index in [1.807, 2.05) is 47.9 Å². The fraction of sp³-hybridized carbons (Fsp3) is 0.263. The minimum absolute atomic E-state index is 0.0634. The van der Waals surface area contributed by atoms with Crippen LogP contribution in [0.1, 0.15) is 31.1 Å². The molecule has 0 aliphatic carbocycles. The molecule has 7 heteroatoms. The van der Waals surface area contributed by atoms with Gasteiger partial charge in [0.15, 0.2) is 5.16 Å². The van der Waals surface area contributed by atoms with Crippen LogP contribution in [0.5, 0.6) is 0 Å². The lowest BCUT2D eigenvalue weighted by molar-refractivity contribution is -0.119. The molecule has 0 spiro atoms. The topological polar surface area (TPSA) is 72.7 Å². The van der Waals surface area contributed by atoms with Gasteiger partial charge in [-0.05, 0) is 37.1 Å². The van der Waals surface area contributed by atoms with Crippen molar-refractivity contribution < 1.29 is 4.79 Å². The Kier molecular flexibility index (Phi) is 6.01. The number of pyridine rings is 1. The van der Waals surface area contributed by atoms with Crippen LogP contribution in [0.4, 0.5) is 0 Å². The predicted octanol–water partition coefficient (Wildman–Crippen LogP) is 3.19. The van der Waals surface area contributed by atoms with Gasteiger partial charge >= 0.3 is 0 Å². The van der Waals surface area contributed by atoms with E-state index in [9.17, 15) is 4.79 Å². The molecule has 1 unspecified atom stereocenters. The van der Waals surface area contributed by atoms with Gasteiger partial charge in [0.1, 0.15) is 6.33 Å². The average molecular weight is 367 g/mol. The largest absolute Gasteiger partial charge is 0.347 e. The standard InChI is InChI=1S/C19H21N5OS/c1-3-15-8-4-5-10-17(15)24-13-21-23-19(24)26-12-18(25)22-14(2)16-9-6-7-11-20-16/h4-11,13-14H,3,12H2,1-2H3,(H,22,25). The van der Waals surface area contributed by atoms with Gasteiger partial charge in [-0.3, -0.25) is 14.3 Å². The summed E-state index contributed by atoms with van der Waals surface area (Å²) in [6.45, 7) is 4.04. The summed E-state index contributed by atoms with van der Waals surface area (Å²) in [5, 5.41) is 11.8. The SMILES string of the molecule is CCc1ccccc1-n1cnnc1SCC(=O)NC(C)c1ccccn1. The average Bonchev–Trinajstić information content (AvgIpc) is 3.15. The summed E-state index contributed by atoms with van der Waals surface area (Å²) in [5.41, 5.74) is 3.10. The first-order chi connectivity index (χ1) is 12.7. The maximum absolute atomic E-state index is 12.3. The predicted molar refractivity (Wildman–Crippen MR) is 102 cm³/mol. The summed E-state index contributed by atoms with van der Waals surface area (Å²) in [4.78, 5) is 16.5. The monoisotopic (exact) mass is 367 g/mol. The second-order valence-corrected chi connectivity index (χ2v) is 6.74. The van der Waals surface area contributed by atoms with E-state index in [4.69, 9.17) is 0 Å². The number of rotatable bonds is 7. The number of aryl methyl sites for hydroxylation is 1. The van der Waals surface area contributed by atoms with Gasteiger partial charge in [-0.2, -0.15) is 0 Å². The molecule has 1 aromatic carbocycles. The van der Waals surface area contributed by atoms with Gasteiger partial charge in [0.25, 0.3) is 0 Å². The number of benzene rings is 1. The molecule has 0 fully saturated rings. The van der Waals surface area contributed by atoms with Crippen LogP contribution in [-0.2, 0) is 11.2 Å². The van der Waals surface area contributed by atoms with Gasteiger partial charge in [-0.25, -0.2) is 0 Å². The molecule has 0 aliphatic rings. The molecule has 1 amide bonds. The second-order valence-electron chi connectivity index (χ2n) is 5.80. The van der Waals surface area contributed by atoms with Gasteiger partial charge in [0.05, 0.1) is 23.2 Å². The van der Waals surface area contributed by atoms with Crippen LogP contribution in [0.3, 0.4) is 0 Å². The lowest BCUT2D eigenvalue weighted by Gasteiger charge is -2.13. The number of aromatic nitrogens is 4. The van der Waals surface area contributed by atoms with Crippen molar-refractivity contribution in [3.63, 3.8) is 0 Å². The molecular weight excluding hydrogens is 346 g/mol. The van der Waals surface area contributed by atoms with Crippen LogP contribution in [0, 0.1) is 0 Å². The number of hydrogen-bond donors (Lipinski definition) is 1. The van der Waals surface area contributed by atoms with Crippen LogP contribution < -0.4 is 5.32 Å². The minimum atomic E-state index is -0.136. The van der Waals surface area contributed by atoms with Gasteiger partial charge in [-0.1, -0.05) is 43.0 Å². The Morgan fingerprint density at radius 1 is 1.23 bits per heavy atom. The number of thioether (sulfide) groups is 1. The molecule has 3 aromatic rings. The highest BCUT2D eigenvalue weighted by Gasteiger charge is 2.14. The molecule has 26 heavy (non-hydrogen) atoms. The van der Waals surface area contributed by atoms with E-state index in [0.717, 1.165) is 17.8 Å². The van der Waals surface area contributed by atoms with Gasteiger partial charge in [-0.15, -0.1) is 10.2 Å². The summed E-state index contributed by atoms with van der Waals surface area (Å²) in [5.74, 6) is 0.205. The summed E-state index contributed by atoms with van der Waals surface area (Å²) in [6, 6.07) is 13.7. The number of para-hydroxylation sites is 1. The highest BCUT2D eigenvalue weighted by molar-refractivity contribution is 7.99. The zero-order valence-corrected chi connectivity index (χ0v) is 15.6. The summed E-state index contributed by atoms with van der Waals surface area (Å²) < 4.78 is 1.93. The Morgan fingerprint density at radius 2 is 2.04 bits per heavy atom. The van der Waals surface area contributed by atoms with Crippen LogP contribution in [-0.4, -0.2) is 31.4 Å². The van der Waals surface area contributed by atoms with Gasteiger partial charge < -0.3 is 5.32 Å². The molecule has 0 aliphatic heterocycles. The molecule has 0 saturated carbocycles. The van der Waals surface area contributed by atoms with Crippen molar-refractivity contribution in [1.82, 2.24) is 25.1 Å². The fourth-order valence-corrected chi connectivity index (χ4v) is 3.39. The van der Waals surface area contributed by atoms with Crippen LogP contribution in [0.25, 0.3) is 5.69 Å². The number of carbonyl (C=O) groups is 1. The molecule has 0 bridgehead atoms. The minimum Gasteiger partial charge on any atom is -0.347 e. The van der Waals surface area contributed by atoms with Crippen molar-refractivity contribution in [3.8, 4) is 5.69 Å². The lowest BCUT2D eigenvalue weighted by atomic mass is 10.1. The Bertz CT molecular complexity index is 865. The Hall–Kier alpha value is -2.67. The summed E-state index contributed by atoms with van der Waals surface area (Å²) in [6.07, 6.45) is 4.33. The van der Waals surface area contributed by atoms with Crippen LogP contribution in [0.15, 0.2) is 60.1 Å². The molecule has 2 heterocycles. The Labute approximate surface area is 157 Å². The molecule has 0 saturated heterocycles. The normalized spacial score (nSPS) is 11.9.